The zero-order valence-electron chi connectivity index (χ0n) is 13.1. The Kier molecular flexibility index (Phi) is 5.19. The molecule has 0 unspecified atom stereocenters. The van der Waals surface area contributed by atoms with E-state index in [2.05, 4.69) is 10.1 Å². The van der Waals surface area contributed by atoms with Crippen molar-refractivity contribution < 1.29 is 23.8 Å². The van der Waals surface area contributed by atoms with Gasteiger partial charge in [0.25, 0.3) is 5.91 Å². The van der Waals surface area contributed by atoms with Gasteiger partial charge in [-0.1, -0.05) is 12.1 Å². The number of ether oxygens (including phenoxy) is 3. The second kappa shape index (κ2) is 7.31. The van der Waals surface area contributed by atoms with Crippen molar-refractivity contribution in [2.24, 2.45) is 0 Å². The van der Waals surface area contributed by atoms with Crippen molar-refractivity contribution in [2.45, 2.75) is 0 Å². The number of hydrogen-bond donors (Lipinski definition) is 1. The Bertz CT molecular complexity index is 727. The number of esters is 1. The summed E-state index contributed by atoms with van der Waals surface area (Å²) in [7, 11) is 4.31. The van der Waals surface area contributed by atoms with Crippen LogP contribution in [0.1, 0.15) is 20.7 Å². The molecular weight excluding hydrogens is 298 g/mol. The molecule has 0 aliphatic carbocycles. The number of nitrogens with one attached hydrogen (secondary N) is 1. The Balaban J connectivity index is 2.28. The van der Waals surface area contributed by atoms with Gasteiger partial charge in [-0.25, -0.2) is 4.79 Å². The van der Waals surface area contributed by atoms with Gasteiger partial charge in [-0.2, -0.15) is 0 Å². The van der Waals surface area contributed by atoms with Gasteiger partial charge >= 0.3 is 5.97 Å². The Morgan fingerprint density at radius 1 is 0.870 bits per heavy atom. The number of benzene rings is 2. The molecule has 0 radical (unpaired) electrons. The van der Waals surface area contributed by atoms with Crippen LogP contribution in [-0.2, 0) is 4.74 Å². The van der Waals surface area contributed by atoms with Crippen molar-refractivity contribution in [1.29, 1.82) is 0 Å². The van der Waals surface area contributed by atoms with Crippen molar-refractivity contribution in [2.75, 3.05) is 26.6 Å². The van der Waals surface area contributed by atoms with Crippen LogP contribution in [-0.4, -0.2) is 33.2 Å². The lowest BCUT2D eigenvalue weighted by Gasteiger charge is -2.12. The monoisotopic (exact) mass is 315 g/mol. The number of carbonyl (C=O) groups excluding carboxylic acids is 2. The fraction of sp³-hybridized carbons (Fsp3) is 0.176. The molecule has 0 saturated carbocycles. The van der Waals surface area contributed by atoms with E-state index in [0.29, 0.717) is 17.2 Å². The first kappa shape index (κ1) is 16.4. The first-order valence-corrected chi connectivity index (χ1v) is 6.81. The molecule has 0 bridgehead atoms. The number of hydrogen-bond acceptors (Lipinski definition) is 5. The molecule has 0 atom stereocenters. The minimum absolute atomic E-state index is 0.202. The molecule has 1 N–H and O–H groups in total. The quantitative estimate of drug-likeness (QED) is 0.859. The maximum Gasteiger partial charge on any atom is 0.338 e. The van der Waals surface area contributed by atoms with Crippen LogP contribution in [0.2, 0.25) is 0 Å². The third-order valence-electron chi connectivity index (χ3n) is 3.22. The summed E-state index contributed by atoms with van der Waals surface area (Å²) in [5, 5.41) is 2.72. The summed E-state index contributed by atoms with van der Waals surface area (Å²) in [6.45, 7) is 0. The smallest absolute Gasteiger partial charge is 0.338 e. The third kappa shape index (κ3) is 3.60. The molecular formula is C17H17NO5. The zero-order valence-corrected chi connectivity index (χ0v) is 13.1. The first-order valence-electron chi connectivity index (χ1n) is 6.81. The van der Waals surface area contributed by atoms with Crippen LogP contribution in [0.15, 0.2) is 42.5 Å². The summed E-state index contributed by atoms with van der Waals surface area (Å²) < 4.78 is 15.0. The van der Waals surface area contributed by atoms with Gasteiger partial charge < -0.3 is 19.5 Å². The normalized spacial score (nSPS) is 9.87. The van der Waals surface area contributed by atoms with Crippen LogP contribution >= 0.6 is 0 Å². The summed E-state index contributed by atoms with van der Waals surface area (Å²) in [5.41, 5.74) is 0.953. The van der Waals surface area contributed by atoms with Crippen LogP contribution in [0, 0.1) is 0 Å². The van der Waals surface area contributed by atoms with E-state index >= 15 is 0 Å². The van der Waals surface area contributed by atoms with Gasteiger partial charge in [0.2, 0.25) is 0 Å². The highest BCUT2D eigenvalue weighted by molar-refractivity contribution is 6.11. The zero-order chi connectivity index (χ0) is 16.8. The van der Waals surface area contributed by atoms with E-state index in [0.717, 1.165) is 0 Å². The van der Waals surface area contributed by atoms with Gasteiger partial charge in [0.1, 0.15) is 0 Å². The Morgan fingerprint density at radius 2 is 1.52 bits per heavy atom. The van der Waals surface area contributed by atoms with Crippen molar-refractivity contribution in [1.82, 2.24) is 0 Å². The summed E-state index contributed by atoms with van der Waals surface area (Å²) in [4.78, 5) is 24.2. The van der Waals surface area contributed by atoms with Crippen LogP contribution in [0.5, 0.6) is 11.5 Å². The van der Waals surface area contributed by atoms with Crippen LogP contribution < -0.4 is 14.8 Å². The second-order valence-electron chi connectivity index (χ2n) is 4.56. The van der Waals surface area contributed by atoms with E-state index in [1.54, 1.807) is 36.4 Å². The van der Waals surface area contributed by atoms with Crippen LogP contribution in [0.25, 0.3) is 0 Å². The van der Waals surface area contributed by atoms with E-state index in [4.69, 9.17) is 9.47 Å². The second-order valence-corrected chi connectivity index (χ2v) is 4.56. The van der Waals surface area contributed by atoms with E-state index in [1.807, 2.05) is 0 Å². The Hall–Kier alpha value is -3.02. The molecule has 0 heterocycles. The number of anilines is 1. The summed E-state index contributed by atoms with van der Waals surface area (Å²) in [6.07, 6.45) is 0. The summed E-state index contributed by atoms with van der Waals surface area (Å²) >= 11 is 0. The third-order valence-corrected chi connectivity index (χ3v) is 3.22. The molecule has 6 heteroatoms. The average Bonchev–Trinajstić information content (AvgIpc) is 2.60. The largest absolute Gasteiger partial charge is 0.493 e. The van der Waals surface area contributed by atoms with Gasteiger partial charge in [0.15, 0.2) is 11.5 Å². The fourth-order valence-corrected chi connectivity index (χ4v) is 2.08. The molecule has 0 aliphatic rings. The maximum atomic E-state index is 12.4. The molecule has 2 aromatic carbocycles. The van der Waals surface area contributed by atoms with E-state index in [-0.39, 0.29) is 11.1 Å². The minimum atomic E-state index is -0.567. The number of amides is 1. The van der Waals surface area contributed by atoms with Gasteiger partial charge in [-0.05, 0) is 24.3 Å². The van der Waals surface area contributed by atoms with Crippen molar-refractivity contribution in [3.63, 3.8) is 0 Å². The van der Waals surface area contributed by atoms with Crippen LogP contribution in [0.4, 0.5) is 5.69 Å². The van der Waals surface area contributed by atoms with Crippen molar-refractivity contribution in [3.8, 4) is 11.5 Å². The van der Waals surface area contributed by atoms with E-state index in [1.165, 1.54) is 27.4 Å². The Labute approximate surface area is 134 Å². The average molecular weight is 315 g/mol. The molecule has 0 saturated heterocycles. The standard InChI is InChI=1S/C17H17NO5/c1-21-14-9-8-11(10-15(14)22-2)18-16(19)12-6-4-5-7-13(12)17(20)23-3/h4-10H,1-3H3,(H,18,19). The maximum absolute atomic E-state index is 12.4. The molecule has 2 aromatic rings. The number of methoxy groups -OCH3 is 3. The van der Waals surface area contributed by atoms with Gasteiger partial charge in [-0.3, -0.25) is 4.79 Å². The molecule has 2 rings (SSSR count). The van der Waals surface area contributed by atoms with E-state index in [9.17, 15) is 9.59 Å². The van der Waals surface area contributed by atoms with Gasteiger partial charge in [0.05, 0.1) is 32.5 Å². The number of carbonyl (C=O) groups is 2. The molecule has 0 fully saturated rings. The van der Waals surface area contributed by atoms with E-state index < -0.39 is 11.9 Å². The van der Waals surface area contributed by atoms with Gasteiger partial charge in [-0.15, -0.1) is 0 Å². The molecule has 0 aliphatic heterocycles. The highest BCUT2D eigenvalue weighted by atomic mass is 16.5. The molecule has 120 valence electrons. The molecule has 0 spiro atoms. The summed E-state index contributed by atoms with van der Waals surface area (Å²) in [5.74, 6) is 0.0632. The molecule has 1 amide bonds. The lowest BCUT2D eigenvalue weighted by molar-refractivity contribution is 0.0597. The molecule has 23 heavy (non-hydrogen) atoms. The molecule has 6 nitrogen and oxygen atoms in total. The Morgan fingerprint density at radius 3 is 2.13 bits per heavy atom. The first-order chi connectivity index (χ1) is 11.1. The van der Waals surface area contributed by atoms with Crippen LogP contribution in [0.3, 0.4) is 0 Å². The summed E-state index contributed by atoms with van der Waals surface area (Å²) in [6, 6.07) is 11.4. The molecule has 0 aromatic heterocycles. The predicted molar refractivity (Wildman–Crippen MR) is 85.3 cm³/mol. The van der Waals surface area contributed by atoms with Gasteiger partial charge in [0, 0.05) is 11.8 Å². The predicted octanol–water partition coefficient (Wildman–Crippen LogP) is 2.74. The number of rotatable bonds is 5. The highest BCUT2D eigenvalue weighted by Gasteiger charge is 2.17. The fourth-order valence-electron chi connectivity index (χ4n) is 2.08. The van der Waals surface area contributed by atoms with Crippen molar-refractivity contribution in [3.05, 3.63) is 53.6 Å². The minimum Gasteiger partial charge on any atom is -0.493 e. The lowest BCUT2D eigenvalue weighted by Crippen LogP contribution is -2.17. The van der Waals surface area contributed by atoms with Crippen molar-refractivity contribution >= 4 is 17.6 Å². The lowest BCUT2D eigenvalue weighted by atomic mass is 10.1. The topological polar surface area (TPSA) is 73.9 Å². The SMILES string of the molecule is COC(=O)c1ccccc1C(=O)Nc1ccc(OC)c(OC)c1. The highest BCUT2D eigenvalue weighted by Crippen LogP contribution is 2.30.